The molecular formula is C15H23N3. The maximum atomic E-state index is 6.29. The van der Waals surface area contributed by atoms with Gasteiger partial charge in [-0.15, -0.1) is 0 Å². The van der Waals surface area contributed by atoms with E-state index in [1.165, 1.54) is 37.7 Å². The first-order chi connectivity index (χ1) is 8.76. The first kappa shape index (κ1) is 10.9. The number of aryl methyl sites for hydroxylation is 1. The minimum atomic E-state index is 0.609. The topological polar surface area (TPSA) is 43.8 Å². The van der Waals surface area contributed by atoms with Crippen molar-refractivity contribution in [3.05, 3.63) is 11.8 Å². The number of nitrogens with two attached hydrogens (primary N) is 1. The van der Waals surface area contributed by atoms with Crippen LogP contribution in [0.25, 0.3) is 0 Å². The molecule has 5 rings (SSSR count). The third-order valence-corrected chi connectivity index (χ3v) is 5.75. The molecule has 0 aromatic carbocycles. The molecule has 0 radical (unpaired) electrons. The van der Waals surface area contributed by atoms with Crippen molar-refractivity contribution in [3.63, 3.8) is 0 Å². The second-order valence-electron chi connectivity index (χ2n) is 6.77. The standard InChI is InChI=1S/C15H23N3/c1-2-11-8-17-18(15(11)16)14-12-4-9-3-10(6-12)7-13(14)5-9/h8-10,12-14H,2-7,16H2,1H3. The van der Waals surface area contributed by atoms with Crippen molar-refractivity contribution in [2.24, 2.45) is 23.7 Å². The fourth-order valence-electron chi connectivity index (χ4n) is 5.21. The van der Waals surface area contributed by atoms with E-state index in [1.807, 2.05) is 6.20 Å². The van der Waals surface area contributed by atoms with E-state index in [0.29, 0.717) is 6.04 Å². The molecule has 3 nitrogen and oxygen atoms in total. The Morgan fingerprint density at radius 3 is 2.28 bits per heavy atom. The monoisotopic (exact) mass is 245 g/mol. The van der Waals surface area contributed by atoms with E-state index in [9.17, 15) is 0 Å². The molecule has 0 unspecified atom stereocenters. The molecule has 0 aliphatic heterocycles. The quantitative estimate of drug-likeness (QED) is 0.870. The molecule has 0 saturated heterocycles. The summed E-state index contributed by atoms with van der Waals surface area (Å²) in [7, 11) is 0. The van der Waals surface area contributed by atoms with Gasteiger partial charge in [-0.05, 0) is 62.2 Å². The molecule has 98 valence electrons. The van der Waals surface area contributed by atoms with E-state index in [4.69, 9.17) is 5.73 Å². The second-order valence-corrected chi connectivity index (χ2v) is 6.77. The highest BCUT2D eigenvalue weighted by molar-refractivity contribution is 5.39. The second kappa shape index (κ2) is 3.75. The third kappa shape index (κ3) is 1.39. The van der Waals surface area contributed by atoms with Gasteiger partial charge in [-0.25, -0.2) is 4.68 Å². The van der Waals surface area contributed by atoms with Gasteiger partial charge in [0.1, 0.15) is 5.82 Å². The van der Waals surface area contributed by atoms with E-state index < -0.39 is 0 Å². The Hall–Kier alpha value is -0.990. The number of nitrogen functional groups attached to an aromatic ring is 1. The van der Waals surface area contributed by atoms with Gasteiger partial charge in [-0.1, -0.05) is 6.92 Å². The third-order valence-electron chi connectivity index (χ3n) is 5.75. The number of hydrogen-bond donors (Lipinski definition) is 1. The van der Waals surface area contributed by atoms with Crippen LogP contribution in [0.4, 0.5) is 5.82 Å². The zero-order chi connectivity index (χ0) is 12.3. The Kier molecular flexibility index (Phi) is 2.27. The maximum Gasteiger partial charge on any atom is 0.125 e. The maximum absolute atomic E-state index is 6.29. The Morgan fingerprint density at radius 2 is 1.78 bits per heavy atom. The van der Waals surface area contributed by atoms with Crippen molar-refractivity contribution in [1.82, 2.24) is 9.78 Å². The van der Waals surface area contributed by atoms with Gasteiger partial charge in [-0.2, -0.15) is 5.10 Å². The first-order valence-corrected chi connectivity index (χ1v) is 7.58. The summed E-state index contributed by atoms with van der Waals surface area (Å²) in [5.74, 6) is 4.69. The molecule has 4 bridgehead atoms. The molecule has 1 aromatic rings. The molecule has 4 saturated carbocycles. The van der Waals surface area contributed by atoms with Crippen LogP contribution in [0.5, 0.6) is 0 Å². The average Bonchev–Trinajstić information content (AvgIpc) is 2.70. The molecule has 0 spiro atoms. The fraction of sp³-hybridized carbons (Fsp3) is 0.800. The normalized spacial score (nSPS) is 41.5. The summed E-state index contributed by atoms with van der Waals surface area (Å²) in [5.41, 5.74) is 7.52. The predicted molar refractivity (Wildman–Crippen MR) is 72.1 cm³/mol. The van der Waals surface area contributed by atoms with Crippen LogP contribution in [-0.4, -0.2) is 9.78 Å². The minimum absolute atomic E-state index is 0.609. The van der Waals surface area contributed by atoms with Crippen molar-refractivity contribution in [2.45, 2.75) is 51.5 Å². The summed E-state index contributed by atoms with van der Waals surface area (Å²) >= 11 is 0. The van der Waals surface area contributed by atoms with Crippen LogP contribution < -0.4 is 5.73 Å². The first-order valence-electron chi connectivity index (χ1n) is 7.58. The highest BCUT2D eigenvalue weighted by Gasteiger charge is 2.49. The van der Waals surface area contributed by atoms with Gasteiger partial charge >= 0.3 is 0 Å². The summed E-state index contributed by atoms with van der Waals surface area (Å²) in [6.07, 6.45) is 10.2. The molecule has 1 heterocycles. The average molecular weight is 245 g/mol. The SMILES string of the molecule is CCc1cnn(C2C3CC4CC(C3)CC2C4)c1N. The lowest BCUT2D eigenvalue weighted by atomic mass is 9.54. The van der Waals surface area contributed by atoms with E-state index in [-0.39, 0.29) is 0 Å². The molecule has 1 aromatic heterocycles. The Bertz CT molecular complexity index is 434. The molecule has 4 fully saturated rings. The van der Waals surface area contributed by atoms with Gasteiger partial charge in [0.05, 0.1) is 12.2 Å². The van der Waals surface area contributed by atoms with Crippen LogP contribution >= 0.6 is 0 Å². The van der Waals surface area contributed by atoms with E-state index in [0.717, 1.165) is 35.9 Å². The number of hydrogen-bond acceptors (Lipinski definition) is 2. The molecule has 0 atom stereocenters. The van der Waals surface area contributed by atoms with Crippen LogP contribution in [0.3, 0.4) is 0 Å². The van der Waals surface area contributed by atoms with Crippen LogP contribution in [0, 0.1) is 23.7 Å². The van der Waals surface area contributed by atoms with Gasteiger partial charge in [0, 0.05) is 5.56 Å². The Balaban J connectivity index is 1.70. The van der Waals surface area contributed by atoms with Gasteiger partial charge in [0.25, 0.3) is 0 Å². The number of anilines is 1. The minimum Gasteiger partial charge on any atom is -0.384 e. The molecule has 2 N–H and O–H groups in total. The predicted octanol–water partition coefficient (Wildman–Crippen LogP) is 3.02. The highest BCUT2D eigenvalue weighted by Crippen LogP contribution is 2.58. The molecule has 4 aliphatic carbocycles. The molecule has 3 heteroatoms. The number of nitrogens with zero attached hydrogens (tertiary/aromatic N) is 2. The van der Waals surface area contributed by atoms with E-state index in [1.54, 1.807) is 0 Å². The number of aromatic nitrogens is 2. The smallest absolute Gasteiger partial charge is 0.125 e. The Morgan fingerprint density at radius 1 is 1.17 bits per heavy atom. The fourth-order valence-corrected chi connectivity index (χ4v) is 5.21. The lowest BCUT2D eigenvalue weighted by Gasteiger charge is -2.54. The zero-order valence-corrected chi connectivity index (χ0v) is 11.2. The lowest BCUT2D eigenvalue weighted by Crippen LogP contribution is -2.46. The van der Waals surface area contributed by atoms with Crippen LogP contribution in [0.1, 0.15) is 50.6 Å². The van der Waals surface area contributed by atoms with Crippen molar-refractivity contribution < 1.29 is 0 Å². The summed E-state index contributed by atoms with van der Waals surface area (Å²) in [6.45, 7) is 2.16. The summed E-state index contributed by atoms with van der Waals surface area (Å²) < 4.78 is 2.19. The van der Waals surface area contributed by atoms with Crippen molar-refractivity contribution in [3.8, 4) is 0 Å². The van der Waals surface area contributed by atoms with Crippen molar-refractivity contribution in [1.29, 1.82) is 0 Å². The zero-order valence-electron chi connectivity index (χ0n) is 11.2. The van der Waals surface area contributed by atoms with Gasteiger partial charge in [-0.3, -0.25) is 0 Å². The van der Waals surface area contributed by atoms with Crippen LogP contribution in [0.15, 0.2) is 6.20 Å². The van der Waals surface area contributed by atoms with Crippen molar-refractivity contribution >= 4 is 5.82 Å². The molecule has 18 heavy (non-hydrogen) atoms. The largest absolute Gasteiger partial charge is 0.384 e. The molecule has 4 aliphatic rings. The lowest BCUT2D eigenvalue weighted by molar-refractivity contribution is -0.0327. The van der Waals surface area contributed by atoms with Gasteiger partial charge in [0.15, 0.2) is 0 Å². The van der Waals surface area contributed by atoms with Crippen LogP contribution in [-0.2, 0) is 6.42 Å². The van der Waals surface area contributed by atoms with E-state index in [2.05, 4.69) is 16.7 Å². The van der Waals surface area contributed by atoms with E-state index >= 15 is 0 Å². The summed E-state index contributed by atoms with van der Waals surface area (Å²) in [4.78, 5) is 0. The Labute approximate surface area is 109 Å². The highest BCUT2D eigenvalue weighted by atomic mass is 15.3. The molecular weight excluding hydrogens is 222 g/mol. The summed E-state index contributed by atoms with van der Waals surface area (Å²) in [6, 6.07) is 0.609. The number of rotatable bonds is 2. The summed E-state index contributed by atoms with van der Waals surface area (Å²) in [5, 5.41) is 4.62. The molecule has 0 amide bonds. The van der Waals surface area contributed by atoms with Gasteiger partial charge < -0.3 is 5.73 Å². The van der Waals surface area contributed by atoms with Crippen LogP contribution in [0.2, 0.25) is 0 Å². The van der Waals surface area contributed by atoms with Crippen molar-refractivity contribution in [2.75, 3.05) is 5.73 Å². The van der Waals surface area contributed by atoms with Gasteiger partial charge in [0.2, 0.25) is 0 Å².